The molecule has 0 unspecified atom stereocenters. The third kappa shape index (κ3) is 2.47. The summed E-state index contributed by atoms with van der Waals surface area (Å²) in [6.45, 7) is 1.42. The lowest BCUT2D eigenvalue weighted by Crippen LogP contribution is -2.51. The number of para-hydroxylation sites is 1. The van der Waals surface area contributed by atoms with Crippen molar-refractivity contribution in [2.45, 2.75) is 38.5 Å². The van der Waals surface area contributed by atoms with Gasteiger partial charge in [0.05, 0.1) is 22.3 Å². The molecule has 0 radical (unpaired) electrons. The number of amidine groups is 1. The van der Waals surface area contributed by atoms with Crippen molar-refractivity contribution in [2.24, 2.45) is 23.2 Å². The Kier molecular flexibility index (Phi) is 3.32. The summed E-state index contributed by atoms with van der Waals surface area (Å²) in [6, 6.07) is 8.05. The highest BCUT2D eigenvalue weighted by molar-refractivity contribution is 7.19. The van der Waals surface area contributed by atoms with Gasteiger partial charge >= 0.3 is 0 Å². The van der Waals surface area contributed by atoms with Crippen LogP contribution in [-0.4, -0.2) is 33.9 Å². The first-order chi connectivity index (χ1) is 13.1. The number of hydrogen-bond donors (Lipinski definition) is 2. The zero-order valence-corrected chi connectivity index (χ0v) is 16.3. The molecular formula is C22H25N3OS. The molecule has 2 heterocycles. The molecule has 2 N–H and O–H groups in total. The molecule has 140 valence electrons. The number of aliphatic hydroxyl groups excluding tert-OH is 1. The molecule has 2 aromatic rings. The number of nitrogens with one attached hydrogen (secondary N) is 1. The first-order valence-corrected chi connectivity index (χ1v) is 11.0. The van der Waals surface area contributed by atoms with E-state index >= 15 is 0 Å². The van der Waals surface area contributed by atoms with E-state index in [4.69, 9.17) is 5.41 Å². The fourth-order valence-corrected chi connectivity index (χ4v) is 7.89. The van der Waals surface area contributed by atoms with Gasteiger partial charge in [-0.25, -0.2) is 4.98 Å². The summed E-state index contributed by atoms with van der Waals surface area (Å²) in [5.74, 6) is 3.54. The van der Waals surface area contributed by atoms with Crippen LogP contribution in [0.4, 0.5) is 0 Å². The van der Waals surface area contributed by atoms with Crippen LogP contribution in [0.3, 0.4) is 0 Å². The van der Waals surface area contributed by atoms with Crippen LogP contribution in [0.5, 0.6) is 0 Å². The highest BCUT2D eigenvalue weighted by atomic mass is 32.1. The van der Waals surface area contributed by atoms with Gasteiger partial charge in [0, 0.05) is 6.54 Å². The highest BCUT2D eigenvalue weighted by Gasteiger charge is 2.52. The first kappa shape index (κ1) is 16.1. The Balaban J connectivity index is 1.27. The SMILES string of the molecule is N=C1C(c2nc3ccccc3s2)=C(O)CN1CC12CC3CC(CC(C3)C1)C2. The van der Waals surface area contributed by atoms with Crippen LogP contribution in [0.2, 0.25) is 0 Å². The van der Waals surface area contributed by atoms with Crippen LogP contribution in [0.15, 0.2) is 30.0 Å². The van der Waals surface area contributed by atoms with Crippen LogP contribution < -0.4 is 0 Å². The zero-order valence-electron chi connectivity index (χ0n) is 15.4. The molecule has 4 fully saturated rings. The van der Waals surface area contributed by atoms with E-state index in [1.54, 1.807) is 11.3 Å². The van der Waals surface area contributed by atoms with Gasteiger partial charge in [0.25, 0.3) is 0 Å². The average molecular weight is 380 g/mol. The molecule has 4 bridgehead atoms. The van der Waals surface area contributed by atoms with Gasteiger partial charge in [0.2, 0.25) is 0 Å². The summed E-state index contributed by atoms with van der Waals surface area (Å²) in [4.78, 5) is 6.82. The molecule has 0 spiro atoms. The third-order valence-corrected chi connectivity index (χ3v) is 8.44. The van der Waals surface area contributed by atoms with Gasteiger partial charge in [-0.05, 0) is 73.8 Å². The lowest BCUT2D eigenvalue weighted by atomic mass is 9.49. The Labute approximate surface area is 163 Å². The van der Waals surface area contributed by atoms with Gasteiger partial charge in [-0.3, -0.25) is 5.41 Å². The maximum atomic E-state index is 10.7. The molecule has 1 aromatic heterocycles. The minimum Gasteiger partial charge on any atom is -0.510 e. The minimum absolute atomic E-state index is 0.323. The third-order valence-electron chi connectivity index (χ3n) is 7.38. The molecule has 4 nitrogen and oxygen atoms in total. The quantitative estimate of drug-likeness (QED) is 0.782. The van der Waals surface area contributed by atoms with Gasteiger partial charge in [-0.2, -0.15) is 0 Å². The van der Waals surface area contributed by atoms with Crippen LogP contribution in [-0.2, 0) is 0 Å². The Morgan fingerprint density at radius 3 is 2.44 bits per heavy atom. The molecule has 0 amide bonds. The van der Waals surface area contributed by atoms with Gasteiger partial charge < -0.3 is 10.0 Å². The van der Waals surface area contributed by atoms with Gasteiger partial charge in [-0.1, -0.05) is 12.1 Å². The maximum Gasteiger partial charge on any atom is 0.135 e. The number of aliphatic hydroxyl groups is 1. The number of rotatable bonds is 3. The number of fused-ring (bicyclic) bond motifs is 1. The second-order valence-corrected chi connectivity index (χ2v) is 10.5. The van der Waals surface area contributed by atoms with Crippen molar-refractivity contribution < 1.29 is 5.11 Å². The zero-order chi connectivity index (χ0) is 18.2. The molecule has 5 heteroatoms. The predicted octanol–water partition coefficient (Wildman–Crippen LogP) is 5.07. The van der Waals surface area contributed by atoms with Crippen LogP contribution in [0, 0.1) is 28.6 Å². The van der Waals surface area contributed by atoms with Gasteiger partial charge in [0.15, 0.2) is 0 Å². The van der Waals surface area contributed by atoms with E-state index in [9.17, 15) is 5.11 Å². The molecule has 4 aliphatic carbocycles. The Morgan fingerprint density at radius 2 is 1.78 bits per heavy atom. The molecule has 0 atom stereocenters. The minimum atomic E-state index is 0.323. The monoisotopic (exact) mass is 379 g/mol. The van der Waals surface area contributed by atoms with Crippen molar-refractivity contribution in [3.05, 3.63) is 35.0 Å². The molecule has 1 aromatic carbocycles. The van der Waals surface area contributed by atoms with E-state index in [0.717, 1.165) is 39.5 Å². The Bertz CT molecular complexity index is 907. The molecule has 4 saturated carbocycles. The van der Waals surface area contributed by atoms with Crippen LogP contribution in [0.1, 0.15) is 43.5 Å². The highest BCUT2D eigenvalue weighted by Crippen LogP contribution is 2.60. The van der Waals surface area contributed by atoms with Crippen LogP contribution in [0.25, 0.3) is 15.8 Å². The number of hydrogen-bond acceptors (Lipinski definition) is 4. The Morgan fingerprint density at radius 1 is 1.11 bits per heavy atom. The number of benzene rings is 1. The second kappa shape index (κ2) is 5.57. The second-order valence-electron chi connectivity index (χ2n) is 9.43. The average Bonchev–Trinajstić information content (AvgIpc) is 3.14. The summed E-state index contributed by atoms with van der Waals surface area (Å²) >= 11 is 1.58. The maximum absolute atomic E-state index is 10.7. The van der Waals surface area contributed by atoms with Gasteiger partial charge in [-0.15, -0.1) is 11.3 Å². The van der Waals surface area contributed by atoms with Crippen molar-refractivity contribution in [2.75, 3.05) is 13.1 Å². The van der Waals surface area contributed by atoms with E-state index in [1.807, 2.05) is 18.2 Å². The first-order valence-electron chi connectivity index (χ1n) is 10.2. The predicted molar refractivity (Wildman–Crippen MR) is 109 cm³/mol. The van der Waals surface area contributed by atoms with E-state index in [0.29, 0.717) is 29.1 Å². The summed E-state index contributed by atoms with van der Waals surface area (Å²) in [5.41, 5.74) is 1.98. The van der Waals surface area contributed by atoms with Crippen molar-refractivity contribution in [1.29, 1.82) is 5.41 Å². The molecule has 0 saturated heterocycles. The van der Waals surface area contributed by atoms with E-state index < -0.39 is 0 Å². The smallest absolute Gasteiger partial charge is 0.135 e. The molecule has 27 heavy (non-hydrogen) atoms. The number of nitrogens with zero attached hydrogens (tertiary/aromatic N) is 2. The van der Waals surface area contributed by atoms with E-state index in [2.05, 4.69) is 16.0 Å². The fraction of sp³-hybridized carbons (Fsp3) is 0.545. The summed E-state index contributed by atoms with van der Waals surface area (Å²) in [5, 5.41) is 20.3. The number of aromatic nitrogens is 1. The van der Waals surface area contributed by atoms with Crippen molar-refractivity contribution >= 4 is 33.0 Å². The van der Waals surface area contributed by atoms with Gasteiger partial charge in [0.1, 0.15) is 16.6 Å². The largest absolute Gasteiger partial charge is 0.510 e. The molecule has 1 aliphatic heterocycles. The van der Waals surface area contributed by atoms with Crippen LogP contribution >= 0.6 is 11.3 Å². The lowest BCUT2D eigenvalue weighted by molar-refractivity contribution is -0.0609. The summed E-state index contributed by atoms with van der Waals surface area (Å²) in [7, 11) is 0. The summed E-state index contributed by atoms with van der Waals surface area (Å²) < 4.78 is 1.11. The van der Waals surface area contributed by atoms with Crippen molar-refractivity contribution in [3.8, 4) is 0 Å². The van der Waals surface area contributed by atoms with E-state index in [1.165, 1.54) is 38.5 Å². The Hall–Kier alpha value is -1.88. The standard InChI is InChI=1S/C22H25N3OS/c23-20-19(21-24-16-3-1-2-4-18(16)27-21)17(26)11-25(20)12-22-8-13-5-14(9-22)7-15(6-13)10-22/h1-4,13-15,23,26H,5-12H2. The fourth-order valence-electron chi connectivity index (χ4n) is 6.86. The normalized spacial score (nSPS) is 35.0. The van der Waals surface area contributed by atoms with Crippen molar-refractivity contribution in [1.82, 2.24) is 9.88 Å². The molecular weight excluding hydrogens is 354 g/mol. The number of thiazole rings is 1. The summed E-state index contributed by atoms with van der Waals surface area (Å²) in [6.07, 6.45) is 8.32. The molecule has 7 rings (SSSR count). The van der Waals surface area contributed by atoms with E-state index in [-0.39, 0.29) is 0 Å². The van der Waals surface area contributed by atoms with Crippen molar-refractivity contribution in [3.63, 3.8) is 0 Å². The molecule has 5 aliphatic rings. The lowest BCUT2D eigenvalue weighted by Gasteiger charge is -2.57. The topological polar surface area (TPSA) is 60.2 Å².